The zero-order chi connectivity index (χ0) is 40.4. The average molecular weight is 771 g/mol. The topological polar surface area (TPSA) is 59.1 Å². The number of hydrogen-bond acceptors (Lipinski definition) is 6. The Balaban J connectivity index is 1.15. The van der Waals surface area contributed by atoms with Gasteiger partial charge in [-0.2, -0.15) is 0 Å². The van der Waals surface area contributed by atoms with Gasteiger partial charge in [-0.15, -0.1) is 10.1 Å². The van der Waals surface area contributed by atoms with Gasteiger partial charge in [-0.25, -0.2) is 9.59 Å². The Morgan fingerprint density at radius 3 is 0.914 bits per heavy atom. The van der Waals surface area contributed by atoms with Gasteiger partial charge in [0.05, 0.1) is 0 Å². The van der Waals surface area contributed by atoms with Crippen molar-refractivity contribution in [3.63, 3.8) is 0 Å². The lowest BCUT2D eigenvalue weighted by atomic mass is 9.88. The summed E-state index contributed by atoms with van der Waals surface area (Å²) in [6, 6.07) is 62.1. The van der Waals surface area contributed by atoms with Crippen molar-refractivity contribution in [3.8, 4) is 0 Å². The smallest absolute Gasteiger partial charge is 0.349 e. The van der Waals surface area contributed by atoms with Crippen LogP contribution >= 0.6 is 0 Å². The van der Waals surface area contributed by atoms with Gasteiger partial charge in [0.15, 0.2) is 0 Å². The van der Waals surface area contributed by atoms with Gasteiger partial charge in [0.2, 0.25) is 0 Å². The average Bonchev–Trinajstić information content (AvgIpc) is 3.27. The maximum absolute atomic E-state index is 13.5. The summed E-state index contributed by atoms with van der Waals surface area (Å²) < 4.78 is 0. The SMILES string of the molecule is CC(CN(CCC(c1ccccc1)c1ccccc1)OC(=O)/C=C/C(=O)ON(CCC(c1ccccc1)c1ccccc1)CC(C)c1ccccc1)c1ccccc1. The molecule has 0 heterocycles. The van der Waals surface area contributed by atoms with E-state index in [9.17, 15) is 9.59 Å². The van der Waals surface area contributed by atoms with E-state index in [0.29, 0.717) is 26.2 Å². The summed E-state index contributed by atoms with van der Waals surface area (Å²) >= 11 is 0. The first kappa shape index (κ1) is 41.6. The second kappa shape index (κ2) is 22.0. The molecule has 2 atom stereocenters. The second-order valence-electron chi connectivity index (χ2n) is 14.9. The summed E-state index contributed by atoms with van der Waals surface area (Å²) in [5.74, 6) is -0.880. The van der Waals surface area contributed by atoms with Crippen LogP contribution in [0.15, 0.2) is 194 Å². The molecule has 0 saturated carbocycles. The fourth-order valence-corrected chi connectivity index (χ4v) is 7.52. The van der Waals surface area contributed by atoms with Gasteiger partial charge in [0.1, 0.15) is 0 Å². The van der Waals surface area contributed by atoms with Gasteiger partial charge in [-0.3, -0.25) is 0 Å². The molecule has 58 heavy (non-hydrogen) atoms. The van der Waals surface area contributed by atoms with Gasteiger partial charge in [-0.05, 0) is 58.1 Å². The molecule has 0 fully saturated rings. The molecule has 0 aliphatic carbocycles. The van der Waals surface area contributed by atoms with Crippen LogP contribution in [0.4, 0.5) is 0 Å². The highest BCUT2D eigenvalue weighted by Crippen LogP contribution is 2.30. The number of carbonyl (C=O) groups excluding carboxylic acids is 2. The largest absolute Gasteiger partial charge is 0.364 e. The van der Waals surface area contributed by atoms with E-state index in [2.05, 4.69) is 135 Å². The van der Waals surface area contributed by atoms with Crippen molar-refractivity contribution in [2.24, 2.45) is 0 Å². The second-order valence-corrected chi connectivity index (χ2v) is 14.9. The molecule has 0 radical (unpaired) electrons. The van der Waals surface area contributed by atoms with E-state index >= 15 is 0 Å². The predicted octanol–water partition coefficient (Wildman–Crippen LogP) is 11.1. The molecular formula is C52H54N2O4. The molecule has 0 aromatic heterocycles. The van der Waals surface area contributed by atoms with E-state index < -0.39 is 11.9 Å². The van der Waals surface area contributed by atoms with Crippen LogP contribution in [0.2, 0.25) is 0 Å². The highest BCUT2D eigenvalue weighted by Gasteiger charge is 2.22. The van der Waals surface area contributed by atoms with E-state index in [0.717, 1.165) is 24.0 Å². The molecule has 6 rings (SSSR count). The summed E-state index contributed by atoms with van der Waals surface area (Å²) in [6.45, 7) is 6.20. The van der Waals surface area contributed by atoms with E-state index in [-0.39, 0.29) is 23.7 Å². The number of carbonyl (C=O) groups is 2. The molecule has 0 bridgehead atoms. The lowest BCUT2D eigenvalue weighted by Crippen LogP contribution is -2.33. The lowest BCUT2D eigenvalue weighted by Gasteiger charge is -2.27. The number of hydroxylamine groups is 4. The van der Waals surface area contributed by atoms with Crippen molar-refractivity contribution in [1.29, 1.82) is 0 Å². The molecule has 6 aromatic rings. The standard InChI is InChI=1S/C52H54N2O4/c1-41(43-21-9-3-10-22-43)39-53(37-35-49(45-25-13-5-14-26-45)46-27-15-6-16-28-46)57-51(55)33-34-52(56)58-54(40-42(2)44-23-11-4-12-24-44)38-36-50(47-29-17-7-18-30-47)48-31-19-8-20-32-48/h3-34,41-42,49-50H,35-40H2,1-2H3/b34-33+. The molecule has 6 nitrogen and oxygen atoms in total. The highest BCUT2D eigenvalue weighted by atomic mass is 16.7. The van der Waals surface area contributed by atoms with E-state index in [4.69, 9.17) is 9.68 Å². The van der Waals surface area contributed by atoms with E-state index in [1.165, 1.54) is 34.4 Å². The number of hydrogen-bond donors (Lipinski definition) is 0. The number of nitrogens with zero attached hydrogens (tertiary/aromatic N) is 2. The molecule has 0 aliphatic rings. The summed E-state index contributed by atoms with van der Waals surface area (Å²) in [6.07, 6.45) is 3.78. The van der Waals surface area contributed by atoms with Crippen LogP contribution in [0.1, 0.15) is 83.7 Å². The fourth-order valence-electron chi connectivity index (χ4n) is 7.52. The van der Waals surface area contributed by atoms with Gasteiger partial charge >= 0.3 is 11.9 Å². The van der Waals surface area contributed by atoms with Crippen LogP contribution in [0, 0.1) is 0 Å². The molecule has 0 amide bonds. The summed E-state index contributed by atoms with van der Waals surface area (Å²) in [5, 5.41) is 3.46. The van der Waals surface area contributed by atoms with Crippen LogP contribution in [0.3, 0.4) is 0 Å². The van der Waals surface area contributed by atoms with Gasteiger partial charge in [0.25, 0.3) is 0 Å². The Labute approximate surface area is 344 Å². The highest BCUT2D eigenvalue weighted by molar-refractivity contribution is 5.91. The maximum atomic E-state index is 13.5. The van der Waals surface area contributed by atoms with Gasteiger partial charge < -0.3 is 9.68 Å². The van der Waals surface area contributed by atoms with Crippen molar-refractivity contribution in [1.82, 2.24) is 10.1 Å². The normalized spacial score (nSPS) is 12.6. The monoisotopic (exact) mass is 770 g/mol. The first-order valence-electron chi connectivity index (χ1n) is 20.3. The molecule has 6 heteroatoms. The molecular weight excluding hydrogens is 717 g/mol. The molecule has 6 aromatic carbocycles. The molecule has 0 N–H and O–H groups in total. The van der Waals surface area contributed by atoms with E-state index in [1.54, 1.807) is 10.1 Å². The van der Waals surface area contributed by atoms with Crippen molar-refractivity contribution in [2.75, 3.05) is 26.2 Å². The predicted molar refractivity (Wildman–Crippen MR) is 233 cm³/mol. The van der Waals surface area contributed by atoms with Crippen molar-refractivity contribution < 1.29 is 19.3 Å². The minimum Gasteiger partial charge on any atom is -0.364 e. The minimum absolute atomic E-state index is 0.0885. The Morgan fingerprint density at radius 2 is 0.655 bits per heavy atom. The zero-order valence-corrected chi connectivity index (χ0v) is 33.6. The van der Waals surface area contributed by atoms with Crippen molar-refractivity contribution in [2.45, 2.75) is 50.4 Å². The minimum atomic E-state index is -0.634. The Kier molecular flexibility index (Phi) is 15.8. The Bertz CT molecular complexity index is 1880. The van der Waals surface area contributed by atoms with Gasteiger partial charge in [-0.1, -0.05) is 196 Å². The Morgan fingerprint density at radius 1 is 0.414 bits per heavy atom. The van der Waals surface area contributed by atoms with Crippen LogP contribution in [-0.2, 0) is 19.3 Å². The Hall–Kier alpha value is -6.08. The molecule has 0 aliphatic heterocycles. The van der Waals surface area contributed by atoms with E-state index in [1.807, 2.05) is 60.7 Å². The third-order valence-corrected chi connectivity index (χ3v) is 10.6. The van der Waals surface area contributed by atoms with Crippen molar-refractivity contribution in [3.05, 3.63) is 228 Å². The summed E-state index contributed by atoms with van der Waals surface area (Å²) in [5.41, 5.74) is 7.09. The molecule has 2 unspecified atom stereocenters. The third kappa shape index (κ3) is 12.7. The van der Waals surface area contributed by atoms with Gasteiger partial charge in [0, 0.05) is 50.2 Å². The molecule has 0 spiro atoms. The quantitative estimate of drug-likeness (QED) is 0.0569. The first-order valence-corrected chi connectivity index (χ1v) is 20.3. The van der Waals surface area contributed by atoms with Crippen LogP contribution in [0.25, 0.3) is 0 Å². The fraction of sp³-hybridized carbons (Fsp3) is 0.231. The maximum Gasteiger partial charge on any atom is 0.349 e. The van der Waals surface area contributed by atoms with Crippen LogP contribution in [0.5, 0.6) is 0 Å². The number of benzene rings is 6. The molecule has 296 valence electrons. The zero-order valence-electron chi connectivity index (χ0n) is 33.6. The van der Waals surface area contributed by atoms with Crippen LogP contribution in [-0.4, -0.2) is 48.2 Å². The lowest BCUT2D eigenvalue weighted by molar-refractivity contribution is -0.188. The van der Waals surface area contributed by atoms with Crippen LogP contribution < -0.4 is 0 Å². The third-order valence-electron chi connectivity index (χ3n) is 10.6. The summed E-state index contributed by atoms with van der Waals surface area (Å²) in [4.78, 5) is 38.9. The molecule has 0 saturated heterocycles. The number of rotatable bonds is 20. The first-order chi connectivity index (χ1) is 28.4. The van der Waals surface area contributed by atoms with Crippen molar-refractivity contribution >= 4 is 11.9 Å². The summed E-state index contributed by atoms with van der Waals surface area (Å²) in [7, 11) is 0.